The molecule has 0 aromatic heterocycles. The van der Waals surface area contributed by atoms with Crippen LogP contribution < -0.4 is 5.32 Å². The molecule has 1 aromatic carbocycles. The Morgan fingerprint density at radius 1 is 1.06 bits per heavy atom. The zero-order chi connectivity index (χ0) is 23.4. The Morgan fingerprint density at radius 2 is 1.70 bits per heavy atom. The van der Waals surface area contributed by atoms with E-state index in [1.54, 1.807) is 0 Å². The largest absolute Gasteiger partial charge is 0.312 e. The number of aryl methyl sites for hydroxylation is 1. The molecular weight excluding hydrogens is 448 g/mol. The van der Waals surface area contributed by atoms with Crippen molar-refractivity contribution in [2.45, 2.75) is 76.7 Å². The van der Waals surface area contributed by atoms with E-state index in [9.17, 15) is 4.21 Å². The second-order valence-corrected chi connectivity index (χ2v) is 12.8. The normalized spacial score (nSPS) is 30.3. The van der Waals surface area contributed by atoms with Crippen molar-refractivity contribution in [3.05, 3.63) is 52.6 Å². The lowest BCUT2D eigenvalue weighted by atomic mass is 9.54. The molecule has 0 heterocycles. The van der Waals surface area contributed by atoms with Gasteiger partial charge in [-0.3, -0.25) is 0 Å². The molecule has 0 amide bonds. The van der Waals surface area contributed by atoms with E-state index in [2.05, 4.69) is 47.8 Å². The van der Waals surface area contributed by atoms with Gasteiger partial charge < -0.3 is 5.32 Å². The second-order valence-electron chi connectivity index (χ2n) is 10.7. The predicted molar refractivity (Wildman–Crippen MR) is 141 cm³/mol. The van der Waals surface area contributed by atoms with Crippen molar-refractivity contribution in [1.29, 1.82) is 0 Å². The van der Waals surface area contributed by atoms with Crippen LogP contribution in [0.3, 0.4) is 0 Å². The topological polar surface area (TPSA) is 32.3 Å². The number of halogens is 1. The maximum atomic E-state index is 13.5. The third-order valence-corrected chi connectivity index (χ3v) is 9.66. The summed E-state index contributed by atoms with van der Waals surface area (Å²) in [4.78, 5) is 0.891. The average Bonchev–Trinajstić information content (AvgIpc) is 2.77. The lowest BCUT2D eigenvalue weighted by Crippen LogP contribution is -2.55. The lowest BCUT2D eigenvalue weighted by Gasteiger charge is -2.54. The summed E-state index contributed by atoms with van der Waals surface area (Å²) < 4.78 is 15.6. The number of nitrogens with one attached hydrogen (secondary N) is 1. The molecule has 4 saturated carbocycles. The first-order valence-electron chi connectivity index (χ1n) is 12.8. The number of allylic oxidation sites excluding steroid dienone is 3. The fourth-order valence-electron chi connectivity index (χ4n) is 6.52. The first kappa shape index (κ1) is 25.2. The summed E-state index contributed by atoms with van der Waals surface area (Å²) in [5.74, 6) is 3.75. The molecule has 1 aromatic rings. The van der Waals surface area contributed by atoms with Gasteiger partial charge in [0.2, 0.25) is 0 Å². The molecule has 3 nitrogen and oxygen atoms in total. The highest BCUT2D eigenvalue weighted by atomic mass is 35.5. The van der Waals surface area contributed by atoms with Crippen LogP contribution in [0.25, 0.3) is 0 Å². The standard InChI is InChI=1S/C28H41ClN2OS/c1-20(5-4-6-22(3)29)11-13-31(33(32)27-9-7-21(2)8-10-27)14-12-30-28-25-16-23-15-24(18-25)19-26(28)17-23/h6-11,23-26,28,30H,4-5,12-19H2,1-3H3/b20-11+,22-6+. The Bertz CT molecular complexity index is 846. The zero-order valence-corrected chi connectivity index (χ0v) is 22.1. The minimum atomic E-state index is -1.15. The molecule has 1 atom stereocenters. The van der Waals surface area contributed by atoms with Crippen LogP contribution in [0.4, 0.5) is 0 Å². The first-order chi connectivity index (χ1) is 15.9. The monoisotopic (exact) mass is 488 g/mol. The van der Waals surface area contributed by atoms with Crippen molar-refractivity contribution in [2.24, 2.45) is 23.7 Å². The molecule has 5 rings (SSSR count). The average molecular weight is 489 g/mol. The summed E-state index contributed by atoms with van der Waals surface area (Å²) in [6.07, 6.45) is 13.5. The second kappa shape index (κ2) is 11.7. The van der Waals surface area contributed by atoms with E-state index in [1.807, 2.05) is 19.1 Å². The summed E-state index contributed by atoms with van der Waals surface area (Å²) in [7, 11) is -1.15. The fraction of sp³-hybridized carbons (Fsp3) is 0.643. The van der Waals surface area contributed by atoms with Gasteiger partial charge in [0.15, 0.2) is 0 Å². The molecule has 4 aliphatic rings. The molecular formula is C28H41ClN2OS. The summed E-state index contributed by atoms with van der Waals surface area (Å²) in [5.41, 5.74) is 2.52. The van der Waals surface area contributed by atoms with E-state index < -0.39 is 11.0 Å². The molecule has 4 bridgehead atoms. The third-order valence-electron chi connectivity index (χ3n) is 8.03. The minimum absolute atomic E-state index is 0.676. The van der Waals surface area contributed by atoms with Gasteiger partial charge in [0.05, 0.1) is 4.90 Å². The van der Waals surface area contributed by atoms with Crippen LogP contribution in [0.1, 0.15) is 64.4 Å². The fourth-order valence-corrected chi connectivity index (χ4v) is 7.76. The number of hydrogen-bond acceptors (Lipinski definition) is 2. The number of benzene rings is 1. The summed E-state index contributed by atoms with van der Waals surface area (Å²) in [5, 5.41) is 4.77. The van der Waals surface area contributed by atoms with E-state index in [4.69, 9.17) is 11.6 Å². The van der Waals surface area contributed by atoms with Crippen LogP contribution in [-0.4, -0.2) is 34.2 Å². The van der Waals surface area contributed by atoms with E-state index >= 15 is 0 Å². The number of nitrogens with zero attached hydrogens (tertiary/aromatic N) is 1. The molecule has 0 radical (unpaired) electrons. The van der Waals surface area contributed by atoms with Gasteiger partial charge in [-0.05, 0) is 102 Å². The van der Waals surface area contributed by atoms with Gasteiger partial charge in [-0.25, -0.2) is 8.51 Å². The Hall–Kier alpha value is -0.940. The molecule has 4 aliphatic carbocycles. The van der Waals surface area contributed by atoms with Crippen molar-refractivity contribution < 1.29 is 4.21 Å². The van der Waals surface area contributed by atoms with E-state index in [0.29, 0.717) is 12.6 Å². The third kappa shape index (κ3) is 6.81. The molecule has 0 saturated heterocycles. The van der Waals surface area contributed by atoms with Gasteiger partial charge in [0, 0.05) is 30.7 Å². The molecule has 1 unspecified atom stereocenters. The minimum Gasteiger partial charge on any atom is -0.312 e. The molecule has 0 spiro atoms. The molecule has 1 N–H and O–H groups in total. The Labute approximate surface area is 208 Å². The van der Waals surface area contributed by atoms with Crippen LogP contribution >= 0.6 is 11.6 Å². The van der Waals surface area contributed by atoms with Gasteiger partial charge in [-0.1, -0.05) is 47.0 Å². The highest BCUT2D eigenvalue weighted by Crippen LogP contribution is 2.53. The Morgan fingerprint density at radius 3 is 2.30 bits per heavy atom. The van der Waals surface area contributed by atoms with Crippen LogP contribution in [0.2, 0.25) is 0 Å². The lowest BCUT2D eigenvalue weighted by molar-refractivity contribution is -0.0136. The van der Waals surface area contributed by atoms with Crippen molar-refractivity contribution in [3.63, 3.8) is 0 Å². The van der Waals surface area contributed by atoms with Gasteiger partial charge in [0.25, 0.3) is 0 Å². The SMILES string of the molecule is C/C(Cl)=C\CC/C(C)=C/CN(CCNC1C2CC3CC(C2)CC1C3)S(=O)c1ccc(C)cc1. The zero-order valence-electron chi connectivity index (χ0n) is 20.6. The van der Waals surface area contributed by atoms with Crippen LogP contribution in [0.5, 0.6) is 0 Å². The van der Waals surface area contributed by atoms with Gasteiger partial charge in [-0.2, -0.15) is 0 Å². The van der Waals surface area contributed by atoms with Gasteiger partial charge in [0.1, 0.15) is 11.0 Å². The van der Waals surface area contributed by atoms with Crippen molar-refractivity contribution >= 4 is 22.6 Å². The molecule has 0 aliphatic heterocycles. The van der Waals surface area contributed by atoms with Crippen molar-refractivity contribution in [3.8, 4) is 0 Å². The molecule has 182 valence electrons. The van der Waals surface area contributed by atoms with Crippen LogP contribution in [0, 0.1) is 30.6 Å². The summed E-state index contributed by atoms with van der Waals surface area (Å²) in [6.45, 7) is 8.57. The molecule has 5 heteroatoms. The predicted octanol–water partition coefficient (Wildman–Crippen LogP) is 6.60. The van der Waals surface area contributed by atoms with Crippen LogP contribution in [0.15, 0.2) is 51.9 Å². The highest BCUT2D eigenvalue weighted by molar-refractivity contribution is 7.82. The van der Waals surface area contributed by atoms with E-state index in [1.165, 1.54) is 43.2 Å². The Kier molecular flexibility index (Phi) is 8.89. The maximum absolute atomic E-state index is 13.5. The van der Waals surface area contributed by atoms with Crippen molar-refractivity contribution in [1.82, 2.24) is 9.62 Å². The maximum Gasteiger partial charge on any atom is 0.127 e. The van der Waals surface area contributed by atoms with Gasteiger partial charge in [-0.15, -0.1) is 0 Å². The highest BCUT2D eigenvalue weighted by Gasteiger charge is 2.47. The Balaban J connectivity index is 1.36. The van der Waals surface area contributed by atoms with Crippen molar-refractivity contribution in [2.75, 3.05) is 19.6 Å². The summed E-state index contributed by atoms with van der Waals surface area (Å²) in [6, 6.07) is 8.80. The van der Waals surface area contributed by atoms with Gasteiger partial charge >= 0.3 is 0 Å². The van der Waals surface area contributed by atoms with E-state index in [-0.39, 0.29) is 0 Å². The summed E-state index contributed by atoms with van der Waals surface area (Å²) >= 11 is 5.96. The number of hydrogen-bond donors (Lipinski definition) is 1. The number of rotatable bonds is 11. The van der Waals surface area contributed by atoms with Crippen LogP contribution in [-0.2, 0) is 11.0 Å². The smallest absolute Gasteiger partial charge is 0.127 e. The molecule has 4 fully saturated rings. The quantitative estimate of drug-likeness (QED) is 0.356. The first-order valence-corrected chi connectivity index (χ1v) is 14.3. The molecule has 33 heavy (non-hydrogen) atoms. The van der Waals surface area contributed by atoms with E-state index in [0.717, 1.165) is 59.5 Å².